The van der Waals surface area contributed by atoms with Gasteiger partial charge in [0, 0.05) is 30.1 Å². The smallest absolute Gasteiger partial charge is 0.261 e. The molecule has 0 spiro atoms. The van der Waals surface area contributed by atoms with Gasteiger partial charge in [-0.05, 0) is 64.5 Å². The van der Waals surface area contributed by atoms with E-state index in [1.165, 1.54) is 16.9 Å². The standard InChI is InChI=1S/C18H30N2OS/c1-12(2)20(13(3)4)9-8-19-18(21)17-11-15-10-14(5)6-7-16(15)22-17/h11-14H,6-10H2,1-5H3,(H,19,21). The number of hydrogen-bond donors (Lipinski definition) is 1. The van der Waals surface area contributed by atoms with Gasteiger partial charge in [0.1, 0.15) is 0 Å². The molecule has 1 aromatic rings. The molecule has 0 saturated carbocycles. The predicted molar refractivity (Wildman–Crippen MR) is 94.8 cm³/mol. The van der Waals surface area contributed by atoms with E-state index in [1.807, 2.05) is 0 Å². The van der Waals surface area contributed by atoms with Crippen molar-refractivity contribution >= 4 is 17.2 Å². The van der Waals surface area contributed by atoms with Crippen LogP contribution in [0, 0.1) is 5.92 Å². The van der Waals surface area contributed by atoms with E-state index in [9.17, 15) is 4.79 Å². The van der Waals surface area contributed by atoms with Gasteiger partial charge in [-0.2, -0.15) is 0 Å². The molecule has 1 unspecified atom stereocenters. The van der Waals surface area contributed by atoms with E-state index in [-0.39, 0.29) is 5.91 Å². The van der Waals surface area contributed by atoms with Crippen molar-refractivity contribution in [3.05, 3.63) is 21.4 Å². The molecule has 3 nitrogen and oxygen atoms in total. The number of thiophene rings is 1. The predicted octanol–water partition coefficient (Wildman–Crippen LogP) is 3.72. The van der Waals surface area contributed by atoms with Crippen LogP contribution in [0.15, 0.2) is 6.07 Å². The molecule has 0 saturated heterocycles. The largest absolute Gasteiger partial charge is 0.350 e. The summed E-state index contributed by atoms with van der Waals surface area (Å²) >= 11 is 1.69. The molecule has 1 atom stereocenters. The Bertz CT molecular complexity index is 499. The van der Waals surface area contributed by atoms with Crippen molar-refractivity contribution in [3.63, 3.8) is 0 Å². The molecule has 0 bridgehead atoms. The maximum Gasteiger partial charge on any atom is 0.261 e. The van der Waals surface area contributed by atoms with Gasteiger partial charge < -0.3 is 5.32 Å². The van der Waals surface area contributed by atoms with E-state index in [0.29, 0.717) is 18.6 Å². The first-order valence-corrected chi connectivity index (χ1v) is 9.35. The number of nitrogens with zero attached hydrogens (tertiary/aromatic N) is 1. The van der Waals surface area contributed by atoms with Crippen LogP contribution in [0.3, 0.4) is 0 Å². The van der Waals surface area contributed by atoms with Gasteiger partial charge in [-0.25, -0.2) is 0 Å². The summed E-state index contributed by atoms with van der Waals surface area (Å²) in [7, 11) is 0. The minimum absolute atomic E-state index is 0.0968. The van der Waals surface area contributed by atoms with E-state index < -0.39 is 0 Å². The fraction of sp³-hybridized carbons (Fsp3) is 0.722. The van der Waals surface area contributed by atoms with E-state index in [2.05, 4.69) is 50.9 Å². The first-order valence-electron chi connectivity index (χ1n) is 8.54. The topological polar surface area (TPSA) is 32.3 Å². The molecule has 124 valence electrons. The van der Waals surface area contributed by atoms with Gasteiger partial charge in [0.15, 0.2) is 0 Å². The third-order valence-electron chi connectivity index (χ3n) is 4.54. The van der Waals surface area contributed by atoms with Crippen LogP contribution in [0.5, 0.6) is 0 Å². The molecular weight excluding hydrogens is 292 g/mol. The van der Waals surface area contributed by atoms with E-state index in [1.54, 1.807) is 11.3 Å². The second kappa shape index (κ2) is 7.60. The zero-order valence-corrected chi connectivity index (χ0v) is 15.4. The summed E-state index contributed by atoms with van der Waals surface area (Å²) in [6.45, 7) is 12.7. The van der Waals surface area contributed by atoms with Crippen LogP contribution in [0.1, 0.15) is 61.2 Å². The van der Waals surface area contributed by atoms with Crippen LogP contribution in [-0.4, -0.2) is 36.0 Å². The summed E-state index contributed by atoms with van der Waals surface area (Å²) in [5.74, 6) is 0.850. The van der Waals surface area contributed by atoms with Gasteiger partial charge >= 0.3 is 0 Å². The van der Waals surface area contributed by atoms with Gasteiger partial charge in [0.05, 0.1) is 4.88 Å². The van der Waals surface area contributed by atoms with Gasteiger partial charge in [-0.3, -0.25) is 9.69 Å². The fourth-order valence-corrected chi connectivity index (χ4v) is 4.44. The van der Waals surface area contributed by atoms with Gasteiger partial charge in [0.25, 0.3) is 5.91 Å². The molecule has 4 heteroatoms. The van der Waals surface area contributed by atoms with E-state index in [0.717, 1.165) is 30.2 Å². The molecule has 1 N–H and O–H groups in total. The quantitative estimate of drug-likeness (QED) is 0.865. The third kappa shape index (κ3) is 4.32. The molecule has 1 aliphatic rings. The zero-order chi connectivity index (χ0) is 16.3. The number of amides is 1. The molecular formula is C18H30N2OS. The summed E-state index contributed by atoms with van der Waals surface area (Å²) in [6.07, 6.45) is 3.53. The highest BCUT2D eigenvalue weighted by molar-refractivity contribution is 7.14. The third-order valence-corrected chi connectivity index (χ3v) is 5.77. The van der Waals surface area contributed by atoms with E-state index in [4.69, 9.17) is 0 Å². The Hall–Kier alpha value is -0.870. The van der Waals surface area contributed by atoms with Crippen LogP contribution in [0.4, 0.5) is 0 Å². The second-order valence-electron chi connectivity index (χ2n) is 7.09. The minimum atomic E-state index is 0.0968. The summed E-state index contributed by atoms with van der Waals surface area (Å²) in [5, 5.41) is 3.09. The van der Waals surface area contributed by atoms with Crippen LogP contribution in [0.25, 0.3) is 0 Å². The average Bonchev–Trinajstić information content (AvgIpc) is 2.85. The molecule has 2 rings (SSSR count). The van der Waals surface area contributed by atoms with Crippen LogP contribution in [-0.2, 0) is 12.8 Å². The number of hydrogen-bond acceptors (Lipinski definition) is 3. The van der Waals surface area contributed by atoms with Crippen molar-refractivity contribution in [2.24, 2.45) is 5.92 Å². The SMILES string of the molecule is CC1CCc2sc(C(=O)NCCN(C(C)C)C(C)C)cc2C1. The molecule has 0 radical (unpaired) electrons. The number of rotatable bonds is 6. The lowest BCUT2D eigenvalue weighted by atomic mass is 9.90. The van der Waals surface area contributed by atoms with Crippen molar-refractivity contribution in [3.8, 4) is 0 Å². The molecule has 0 fully saturated rings. The van der Waals surface area contributed by atoms with Crippen molar-refractivity contribution in [2.75, 3.05) is 13.1 Å². The Kier molecular flexibility index (Phi) is 6.04. The van der Waals surface area contributed by atoms with Crippen LogP contribution >= 0.6 is 11.3 Å². The van der Waals surface area contributed by atoms with Gasteiger partial charge in [0.2, 0.25) is 0 Å². The lowest BCUT2D eigenvalue weighted by Gasteiger charge is -2.30. The summed E-state index contributed by atoms with van der Waals surface area (Å²) in [6, 6.07) is 3.13. The summed E-state index contributed by atoms with van der Waals surface area (Å²) in [4.78, 5) is 17.1. The lowest BCUT2D eigenvalue weighted by molar-refractivity contribution is 0.0943. The van der Waals surface area contributed by atoms with Crippen molar-refractivity contribution in [2.45, 2.75) is 66.0 Å². The Balaban J connectivity index is 1.88. The summed E-state index contributed by atoms with van der Waals surface area (Å²) in [5.41, 5.74) is 1.40. The van der Waals surface area contributed by atoms with Gasteiger partial charge in [-0.15, -0.1) is 11.3 Å². The Labute approximate surface area is 139 Å². The second-order valence-corrected chi connectivity index (χ2v) is 8.23. The summed E-state index contributed by atoms with van der Waals surface area (Å²) < 4.78 is 0. The first kappa shape index (κ1) is 17.5. The highest BCUT2D eigenvalue weighted by Crippen LogP contribution is 2.32. The number of fused-ring (bicyclic) bond motifs is 1. The number of nitrogens with one attached hydrogen (secondary N) is 1. The molecule has 0 aliphatic heterocycles. The average molecular weight is 323 g/mol. The molecule has 0 aromatic carbocycles. The highest BCUT2D eigenvalue weighted by atomic mass is 32.1. The number of aryl methyl sites for hydroxylation is 1. The van der Waals surface area contributed by atoms with E-state index >= 15 is 0 Å². The number of carbonyl (C=O) groups excluding carboxylic acids is 1. The Morgan fingerprint density at radius 3 is 2.68 bits per heavy atom. The number of carbonyl (C=O) groups is 1. The van der Waals surface area contributed by atoms with Crippen molar-refractivity contribution in [1.29, 1.82) is 0 Å². The van der Waals surface area contributed by atoms with Crippen LogP contribution < -0.4 is 5.32 Å². The molecule has 1 aromatic heterocycles. The van der Waals surface area contributed by atoms with Crippen molar-refractivity contribution < 1.29 is 4.79 Å². The van der Waals surface area contributed by atoms with Crippen LogP contribution in [0.2, 0.25) is 0 Å². The molecule has 1 heterocycles. The maximum absolute atomic E-state index is 12.3. The maximum atomic E-state index is 12.3. The van der Waals surface area contributed by atoms with Crippen molar-refractivity contribution in [1.82, 2.24) is 10.2 Å². The molecule has 1 amide bonds. The molecule has 22 heavy (non-hydrogen) atoms. The minimum Gasteiger partial charge on any atom is -0.350 e. The Morgan fingerprint density at radius 2 is 2.05 bits per heavy atom. The molecule has 1 aliphatic carbocycles. The Morgan fingerprint density at radius 1 is 1.36 bits per heavy atom. The highest BCUT2D eigenvalue weighted by Gasteiger charge is 2.21. The first-order chi connectivity index (χ1) is 10.4. The monoisotopic (exact) mass is 322 g/mol. The normalized spacial score (nSPS) is 18.1. The fourth-order valence-electron chi connectivity index (χ4n) is 3.32. The lowest BCUT2D eigenvalue weighted by Crippen LogP contribution is -2.42. The zero-order valence-electron chi connectivity index (χ0n) is 14.6. The van der Waals surface area contributed by atoms with Gasteiger partial charge in [-0.1, -0.05) is 6.92 Å².